The van der Waals surface area contributed by atoms with Crippen LogP contribution in [-0.4, -0.2) is 0 Å². The van der Waals surface area contributed by atoms with Crippen LogP contribution < -0.4 is 9.47 Å². The Morgan fingerprint density at radius 2 is 1.73 bits per heavy atom. The topological polar surface area (TPSA) is 18.5 Å². The molecule has 2 nitrogen and oxygen atoms in total. The van der Waals surface area contributed by atoms with Crippen LogP contribution in [0.25, 0.3) is 0 Å². The number of fused-ring (bicyclic) bond motifs is 1. The average Bonchev–Trinajstić information content (AvgIpc) is 2.04. The zero-order valence-electron chi connectivity index (χ0n) is 5.58. The fourth-order valence-corrected chi connectivity index (χ4v) is 1.04. The zero-order valence-corrected chi connectivity index (χ0v) is 6.34. The summed E-state index contributed by atoms with van der Waals surface area (Å²) < 4.78 is 10.2. The van der Waals surface area contributed by atoms with Crippen molar-refractivity contribution in [1.29, 1.82) is 0 Å². The molecule has 0 aliphatic carbocycles. The van der Waals surface area contributed by atoms with Crippen LogP contribution in [0.4, 0.5) is 0 Å². The van der Waals surface area contributed by atoms with Gasteiger partial charge in [0.15, 0.2) is 11.5 Å². The van der Waals surface area contributed by atoms with Crippen molar-refractivity contribution in [3.05, 3.63) is 35.7 Å². The Morgan fingerprint density at radius 3 is 2.55 bits per heavy atom. The van der Waals surface area contributed by atoms with Crippen molar-refractivity contribution in [2.24, 2.45) is 0 Å². The zero-order chi connectivity index (χ0) is 7.68. The summed E-state index contributed by atoms with van der Waals surface area (Å²) >= 11 is 5.72. The highest BCUT2D eigenvalue weighted by Gasteiger charge is 2.06. The van der Waals surface area contributed by atoms with Gasteiger partial charge in [0.25, 0.3) is 0 Å². The number of ether oxygens (including phenoxy) is 2. The predicted octanol–water partition coefficient (Wildman–Crippen LogP) is 2.58. The standard InChI is InChI=1S/C8H5ClO2/c9-6-1-2-7-8(5-6)11-4-3-10-7/h1-5H. The van der Waals surface area contributed by atoms with Gasteiger partial charge in [0, 0.05) is 11.1 Å². The molecule has 0 N–H and O–H groups in total. The van der Waals surface area contributed by atoms with Crippen LogP contribution in [0.5, 0.6) is 11.5 Å². The second-order valence-electron chi connectivity index (χ2n) is 2.10. The fourth-order valence-electron chi connectivity index (χ4n) is 0.874. The third-order valence-electron chi connectivity index (χ3n) is 1.35. The maximum Gasteiger partial charge on any atom is 0.170 e. The van der Waals surface area contributed by atoms with Gasteiger partial charge in [-0.05, 0) is 12.1 Å². The van der Waals surface area contributed by atoms with E-state index in [2.05, 4.69) is 0 Å². The molecule has 0 unspecified atom stereocenters. The molecule has 3 heteroatoms. The van der Waals surface area contributed by atoms with Crippen LogP contribution in [0.2, 0.25) is 5.02 Å². The van der Waals surface area contributed by atoms with E-state index in [1.807, 2.05) is 0 Å². The Hall–Kier alpha value is -1.15. The first-order valence-corrected chi connectivity index (χ1v) is 3.52. The van der Waals surface area contributed by atoms with Gasteiger partial charge in [0.2, 0.25) is 0 Å². The number of rotatable bonds is 0. The van der Waals surface area contributed by atoms with E-state index in [0.29, 0.717) is 16.5 Å². The summed E-state index contributed by atoms with van der Waals surface area (Å²) in [6.45, 7) is 0. The molecule has 0 bridgehead atoms. The molecule has 1 aromatic rings. The summed E-state index contributed by atoms with van der Waals surface area (Å²) in [5, 5.41) is 0.641. The van der Waals surface area contributed by atoms with E-state index < -0.39 is 0 Å². The molecule has 1 aliphatic heterocycles. The summed E-state index contributed by atoms with van der Waals surface area (Å²) in [5.41, 5.74) is 0. The lowest BCUT2D eigenvalue weighted by Gasteiger charge is -2.11. The smallest absolute Gasteiger partial charge is 0.170 e. The van der Waals surface area contributed by atoms with E-state index in [0.717, 1.165) is 0 Å². The minimum Gasteiger partial charge on any atom is -0.458 e. The molecule has 1 aliphatic rings. The van der Waals surface area contributed by atoms with E-state index in [4.69, 9.17) is 21.1 Å². The third-order valence-corrected chi connectivity index (χ3v) is 1.59. The van der Waals surface area contributed by atoms with E-state index in [1.54, 1.807) is 18.2 Å². The van der Waals surface area contributed by atoms with Gasteiger partial charge in [-0.3, -0.25) is 0 Å². The van der Waals surface area contributed by atoms with Gasteiger partial charge in [0.1, 0.15) is 12.5 Å². The molecule has 0 aromatic heterocycles. The van der Waals surface area contributed by atoms with Crippen molar-refractivity contribution in [3.8, 4) is 11.5 Å². The highest BCUT2D eigenvalue weighted by Crippen LogP contribution is 2.32. The first-order valence-electron chi connectivity index (χ1n) is 3.14. The Kier molecular flexibility index (Phi) is 1.47. The van der Waals surface area contributed by atoms with E-state index in [1.165, 1.54) is 12.5 Å². The SMILES string of the molecule is Clc1ccc2c(c1)OC=CO2. The molecule has 2 rings (SSSR count). The average molecular weight is 169 g/mol. The van der Waals surface area contributed by atoms with Crippen LogP contribution in [0.3, 0.4) is 0 Å². The van der Waals surface area contributed by atoms with Crippen molar-refractivity contribution >= 4 is 11.6 Å². The molecule has 11 heavy (non-hydrogen) atoms. The van der Waals surface area contributed by atoms with Gasteiger partial charge in [-0.15, -0.1) is 0 Å². The Morgan fingerprint density at radius 1 is 1.00 bits per heavy atom. The quantitative estimate of drug-likeness (QED) is 0.593. The first-order chi connectivity index (χ1) is 5.36. The molecule has 0 radical (unpaired) electrons. The molecule has 0 atom stereocenters. The molecule has 1 heterocycles. The first kappa shape index (κ1) is 6.55. The molecular weight excluding hydrogens is 164 g/mol. The van der Waals surface area contributed by atoms with Crippen molar-refractivity contribution in [3.63, 3.8) is 0 Å². The van der Waals surface area contributed by atoms with Crippen LogP contribution in [0.1, 0.15) is 0 Å². The van der Waals surface area contributed by atoms with Gasteiger partial charge in [0.05, 0.1) is 0 Å². The molecule has 0 amide bonds. The maximum atomic E-state index is 5.72. The lowest BCUT2D eigenvalue weighted by atomic mass is 10.3. The summed E-state index contributed by atoms with van der Waals surface area (Å²) in [7, 11) is 0. The molecule has 1 aromatic carbocycles. The minimum atomic E-state index is 0.641. The van der Waals surface area contributed by atoms with Crippen molar-refractivity contribution in [1.82, 2.24) is 0 Å². The normalized spacial score (nSPS) is 13.2. The molecule has 56 valence electrons. The van der Waals surface area contributed by atoms with Gasteiger partial charge >= 0.3 is 0 Å². The summed E-state index contributed by atoms with van der Waals surface area (Å²) in [5.74, 6) is 1.34. The van der Waals surface area contributed by atoms with E-state index >= 15 is 0 Å². The van der Waals surface area contributed by atoms with Crippen molar-refractivity contribution in [2.45, 2.75) is 0 Å². The number of benzene rings is 1. The van der Waals surface area contributed by atoms with Crippen LogP contribution in [-0.2, 0) is 0 Å². The molecule has 0 saturated heterocycles. The van der Waals surface area contributed by atoms with Gasteiger partial charge in [-0.2, -0.15) is 0 Å². The Balaban J connectivity index is 2.48. The molecule has 0 fully saturated rings. The number of hydrogen-bond donors (Lipinski definition) is 0. The van der Waals surface area contributed by atoms with Crippen molar-refractivity contribution in [2.75, 3.05) is 0 Å². The summed E-state index contributed by atoms with van der Waals surface area (Å²) in [4.78, 5) is 0. The van der Waals surface area contributed by atoms with Crippen molar-refractivity contribution < 1.29 is 9.47 Å². The monoisotopic (exact) mass is 168 g/mol. The maximum absolute atomic E-state index is 5.72. The largest absolute Gasteiger partial charge is 0.458 e. The van der Waals surface area contributed by atoms with E-state index in [9.17, 15) is 0 Å². The highest BCUT2D eigenvalue weighted by atomic mass is 35.5. The second kappa shape index (κ2) is 2.47. The predicted molar refractivity (Wildman–Crippen MR) is 41.8 cm³/mol. The van der Waals surface area contributed by atoms with Gasteiger partial charge in [-0.1, -0.05) is 11.6 Å². The minimum absolute atomic E-state index is 0.641. The Bertz CT molecular complexity index is 307. The van der Waals surface area contributed by atoms with Crippen LogP contribution in [0.15, 0.2) is 30.7 Å². The lowest BCUT2D eigenvalue weighted by molar-refractivity contribution is 0.362. The Labute approximate surface area is 69.0 Å². The number of halogens is 1. The lowest BCUT2D eigenvalue weighted by Crippen LogP contribution is -1.95. The fraction of sp³-hybridized carbons (Fsp3) is 0. The van der Waals surface area contributed by atoms with Crippen LogP contribution >= 0.6 is 11.6 Å². The van der Waals surface area contributed by atoms with Gasteiger partial charge < -0.3 is 9.47 Å². The second-order valence-corrected chi connectivity index (χ2v) is 2.54. The molecular formula is C8H5ClO2. The summed E-state index contributed by atoms with van der Waals surface area (Å²) in [6.07, 6.45) is 2.95. The molecule has 0 spiro atoms. The van der Waals surface area contributed by atoms with Gasteiger partial charge in [-0.25, -0.2) is 0 Å². The summed E-state index contributed by atoms with van der Waals surface area (Å²) in [6, 6.07) is 5.23. The third kappa shape index (κ3) is 1.17. The highest BCUT2D eigenvalue weighted by molar-refractivity contribution is 6.30. The van der Waals surface area contributed by atoms with E-state index in [-0.39, 0.29) is 0 Å². The molecule has 0 saturated carbocycles. The van der Waals surface area contributed by atoms with Crippen LogP contribution in [0, 0.1) is 0 Å². The number of hydrogen-bond acceptors (Lipinski definition) is 2.